The van der Waals surface area contributed by atoms with Crippen LogP contribution in [-0.2, 0) is 44.0 Å². The molecule has 1 aliphatic rings. The van der Waals surface area contributed by atoms with Gasteiger partial charge in [-0.2, -0.15) is 0 Å². The van der Waals surface area contributed by atoms with Gasteiger partial charge in [-0.05, 0) is 36.5 Å². The molecule has 53 heavy (non-hydrogen) atoms. The van der Waals surface area contributed by atoms with E-state index in [1.165, 1.54) is 21.0 Å². The van der Waals surface area contributed by atoms with E-state index < -0.39 is 0 Å². The summed E-state index contributed by atoms with van der Waals surface area (Å²) in [5.74, 6) is 0. The molecular weight excluding hydrogens is 741 g/mol. The molecule has 0 bridgehead atoms. The molecule has 0 spiro atoms. The van der Waals surface area contributed by atoms with E-state index in [9.17, 15) is 28.8 Å². The van der Waals surface area contributed by atoms with Crippen LogP contribution >= 0.6 is 34.6 Å². The first-order valence-electron chi connectivity index (χ1n) is 17.0. The van der Waals surface area contributed by atoms with Crippen molar-refractivity contribution in [2.75, 3.05) is 13.2 Å². The second kappa shape index (κ2) is 19.2. The van der Waals surface area contributed by atoms with Gasteiger partial charge in [-0.1, -0.05) is 91.0 Å². The van der Waals surface area contributed by atoms with Gasteiger partial charge >= 0.3 is 31.7 Å². The number of hydrogen-bond donors (Lipinski definition) is 1. The molecular formula is C36H40N6O8S3. The van der Waals surface area contributed by atoms with E-state index in [1.54, 1.807) is 6.92 Å². The third kappa shape index (κ3) is 10.6. The van der Waals surface area contributed by atoms with Gasteiger partial charge in [0.15, 0.2) is 0 Å². The number of rotatable bonds is 11. The third-order valence-electron chi connectivity index (χ3n) is 8.12. The van der Waals surface area contributed by atoms with Crippen molar-refractivity contribution < 1.29 is 9.84 Å². The summed E-state index contributed by atoms with van der Waals surface area (Å²) in [6, 6.07) is 28.7. The molecule has 4 heterocycles. The molecule has 0 radical (unpaired) electrons. The summed E-state index contributed by atoms with van der Waals surface area (Å²) in [7, 11) is 0. The standard InChI is InChI=1S/C14H16N2O3S.C11H12N2O3S.C11H12N2O2S/c17-13-15(10-12-7-4-8-19-12)14(18)20-16(13)9-11-5-2-1-3-6-11;14-7-6-12-10(15)13(17-11(12)16)8-9-4-2-1-3-5-9;1-2-12-10(14)13(16-11(12)15)8-9-6-4-3-5-7-9/h1-3,5-6,12H,4,7-10H2;1-5,14H,6-8H2;3-7H,2,8H2,1H3. The Morgan fingerprint density at radius 2 is 1.00 bits per heavy atom. The van der Waals surface area contributed by atoms with Gasteiger partial charge in [0.2, 0.25) is 0 Å². The summed E-state index contributed by atoms with van der Waals surface area (Å²) in [6.45, 7) is 4.45. The topological polar surface area (TPSA) is 161 Å². The van der Waals surface area contributed by atoms with E-state index in [4.69, 9.17) is 9.84 Å². The molecule has 0 aliphatic carbocycles. The van der Waals surface area contributed by atoms with Crippen LogP contribution < -0.4 is 31.7 Å². The van der Waals surface area contributed by atoms with Crippen molar-refractivity contribution in [3.05, 3.63) is 168 Å². The van der Waals surface area contributed by atoms with E-state index in [-0.39, 0.29) is 50.9 Å². The van der Waals surface area contributed by atoms with Crippen LogP contribution in [0.15, 0.2) is 120 Å². The summed E-state index contributed by atoms with van der Waals surface area (Å²) in [6.07, 6.45) is 1.92. The minimum atomic E-state index is -0.363. The van der Waals surface area contributed by atoms with Gasteiger partial charge in [-0.3, -0.25) is 14.4 Å². The zero-order chi connectivity index (χ0) is 37.7. The molecule has 0 saturated carbocycles. The lowest BCUT2D eigenvalue weighted by Crippen LogP contribution is -2.33. The largest absolute Gasteiger partial charge is 0.395 e. The summed E-state index contributed by atoms with van der Waals surface area (Å²) in [4.78, 5) is 70.0. The molecule has 1 atom stereocenters. The lowest BCUT2D eigenvalue weighted by atomic mass is 10.2. The van der Waals surface area contributed by atoms with Crippen LogP contribution in [0.2, 0.25) is 0 Å². The Morgan fingerprint density at radius 3 is 1.38 bits per heavy atom. The number of aromatic nitrogens is 6. The molecule has 1 aliphatic heterocycles. The fourth-order valence-corrected chi connectivity index (χ4v) is 7.99. The molecule has 1 saturated heterocycles. The molecule has 14 nitrogen and oxygen atoms in total. The van der Waals surface area contributed by atoms with Gasteiger partial charge in [-0.25, -0.2) is 40.0 Å². The smallest absolute Gasteiger partial charge is 0.341 e. The van der Waals surface area contributed by atoms with Gasteiger partial charge in [0.05, 0.1) is 45.4 Å². The SMILES string of the molecule is CCn1c(=O)sn(Cc2ccccc2)c1=O.O=c1sn(Cc2ccccc2)c(=O)n1CC1CCCO1.O=c1sn(Cc2ccccc2)c(=O)n1CCO. The van der Waals surface area contributed by atoms with Crippen molar-refractivity contribution in [3.8, 4) is 0 Å². The lowest BCUT2D eigenvalue weighted by Gasteiger charge is -2.07. The monoisotopic (exact) mass is 780 g/mol. The number of aliphatic hydroxyl groups is 1. The lowest BCUT2D eigenvalue weighted by molar-refractivity contribution is 0.0954. The summed E-state index contributed by atoms with van der Waals surface area (Å²) in [5, 5.41) is 8.76. The van der Waals surface area contributed by atoms with Crippen molar-refractivity contribution >= 4 is 34.6 Å². The Labute approximate surface area is 315 Å². The molecule has 1 N–H and O–H groups in total. The Morgan fingerprint density at radius 1 is 0.604 bits per heavy atom. The maximum Gasteiger partial charge on any atom is 0.341 e. The van der Waals surface area contributed by atoms with Crippen LogP contribution in [0.1, 0.15) is 36.5 Å². The third-order valence-corrected chi connectivity index (χ3v) is 10.8. The Bertz CT molecular complexity index is 2390. The van der Waals surface area contributed by atoms with E-state index >= 15 is 0 Å². The van der Waals surface area contributed by atoms with Crippen molar-refractivity contribution in [2.45, 2.75) is 65.1 Å². The van der Waals surface area contributed by atoms with Gasteiger partial charge in [0.25, 0.3) is 0 Å². The van der Waals surface area contributed by atoms with E-state index in [0.29, 0.717) is 32.7 Å². The van der Waals surface area contributed by atoms with Crippen LogP contribution in [-0.4, -0.2) is 50.0 Å². The minimum Gasteiger partial charge on any atom is -0.395 e. The normalized spacial score (nSPS) is 13.6. The average Bonchev–Trinajstić information content (AvgIpc) is 3.91. The Hall–Kier alpha value is -4.94. The van der Waals surface area contributed by atoms with E-state index in [2.05, 4.69) is 0 Å². The average molecular weight is 781 g/mol. The molecule has 3 aromatic carbocycles. The molecule has 17 heteroatoms. The molecule has 1 unspecified atom stereocenters. The van der Waals surface area contributed by atoms with Crippen LogP contribution in [0.25, 0.3) is 0 Å². The molecule has 3 aromatic heterocycles. The Kier molecular flexibility index (Phi) is 14.2. The van der Waals surface area contributed by atoms with Crippen molar-refractivity contribution in [1.29, 1.82) is 0 Å². The first-order valence-corrected chi connectivity index (χ1v) is 19.3. The fraction of sp³-hybridized carbons (Fsp3) is 0.333. The van der Waals surface area contributed by atoms with Crippen LogP contribution in [0, 0.1) is 0 Å². The van der Waals surface area contributed by atoms with Crippen molar-refractivity contribution in [2.24, 2.45) is 0 Å². The number of ether oxygens (including phenoxy) is 1. The zero-order valence-electron chi connectivity index (χ0n) is 29.0. The maximum absolute atomic E-state index is 12.3. The molecule has 7 rings (SSSR count). The highest BCUT2D eigenvalue weighted by Crippen LogP contribution is 2.13. The first kappa shape index (κ1) is 39.3. The number of aliphatic hydroxyl groups excluding tert-OH is 1. The van der Waals surface area contributed by atoms with Gasteiger partial charge < -0.3 is 9.84 Å². The molecule has 280 valence electrons. The second-order valence-corrected chi connectivity index (χ2v) is 14.8. The second-order valence-electron chi connectivity index (χ2n) is 11.9. The Balaban J connectivity index is 0.000000154. The molecule has 0 amide bonds. The summed E-state index contributed by atoms with van der Waals surface area (Å²) in [5.41, 5.74) is 2.18. The minimum absolute atomic E-state index is 0.000162. The van der Waals surface area contributed by atoms with Gasteiger partial charge in [-0.15, -0.1) is 0 Å². The van der Waals surface area contributed by atoms with Crippen LogP contribution in [0.4, 0.5) is 0 Å². The van der Waals surface area contributed by atoms with Gasteiger partial charge in [0.1, 0.15) is 0 Å². The summed E-state index contributed by atoms with van der Waals surface area (Å²) < 4.78 is 13.5. The number of nitrogens with zero attached hydrogens (tertiary/aromatic N) is 6. The number of benzene rings is 3. The quantitative estimate of drug-likeness (QED) is 0.210. The fourth-order valence-electron chi connectivity index (χ4n) is 5.43. The van der Waals surface area contributed by atoms with Crippen molar-refractivity contribution in [1.82, 2.24) is 25.6 Å². The van der Waals surface area contributed by atoms with E-state index in [1.807, 2.05) is 91.0 Å². The first-order chi connectivity index (χ1) is 25.7. The highest BCUT2D eigenvalue weighted by molar-refractivity contribution is 7.04. The summed E-state index contributed by atoms with van der Waals surface area (Å²) >= 11 is 2.82. The van der Waals surface area contributed by atoms with E-state index in [0.717, 1.165) is 75.3 Å². The van der Waals surface area contributed by atoms with Gasteiger partial charge in [0, 0.05) is 47.7 Å². The number of hydrogen-bond acceptors (Lipinski definition) is 11. The van der Waals surface area contributed by atoms with Crippen LogP contribution in [0.3, 0.4) is 0 Å². The van der Waals surface area contributed by atoms with Crippen LogP contribution in [0.5, 0.6) is 0 Å². The highest BCUT2D eigenvalue weighted by atomic mass is 32.1. The predicted octanol–water partition coefficient (Wildman–Crippen LogP) is 2.55. The maximum atomic E-state index is 12.3. The molecule has 1 fully saturated rings. The zero-order valence-corrected chi connectivity index (χ0v) is 31.5. The van der Waals surface area contributed by atoms with Crippen molar-refractivity contribution in [3.63, 3.8) is 0 Å². The predicted molar refractivity (Wildman–Crippen MR) is 207 cm³/mol. The highest BCUT2D eigenvalue weighted by Gasteiger charge is 2.20. The molecule has 6 aromatic rings.